The first kappa shape index (κ1) is 15.4. The molecule has 1 heterocycles. The molecule has 1 N–H and O–H groups in total. The first-order chi connectivity index (χ1) is 10.2. The van der Waals surface area contributed by atoms with Gasteiger partial charge in [-0.1, -0.05) is 0 Å². The maximum Gasteiger partial charge on any atom is 0.249 e. The molecule has 0 bridgehead atoms. The smallest absolute Gasteiger partial charge is 0.249 e. The molecule has 116 valence electrons. The minimum Gasteiger partial charge on any atom is -0.496 e. The molecule has 1 atom stereocenters. The van der Waals surface area contributed by atoms with Gasteiger partial charge in [0.2, 0.25) is 5.91 Å². The number of methoxy groups -OCH3 is 3. The molecule has 0 saturated carbocycles. The lowest BCUT2D eigenvalue weighted by Crippen LogP contribution is -2.33. The lowest BCUT2D eigenvalue weighted by molar-refractivity contribution is -0.130. The number of carbonyl (C=O) groups excluding carboxylic acids is 1. The molecule has 1 amide bonds. The second kappa shape index (κ2) is 7.17. The molecule has 6 nitrogen and oxygen atoms in total. The van der Waals surface area contributed by atoms with Crippen LogP contribution in [0.3, 0.4) is 0 Å². The molecular formula is C15H21NO5. The van der Waals surface area contributed by atoms with Crippen LogP contribution in [0.5, 0.6) is 17.2 Å². The molecule has 6 heteroatoms. The maximum absolute atomic E-state index is 12.0. The summed E-state index contributed by atoms with van der Waals surface area (Å²) in [4.78, 5) is 12.0. The number of amides is 1. The summed E-state index contributed by atoms with van der Waals surface area (Å²) in [7, 11) is 4.71. The van der Waals surface area contributed by atoms with E-state index in [0.29, 0.717) is 30.4 Å². The van der Waals surface area contributed by atoms with Crippen LogP contribution >= 0.6 is 0 Å². The van der Waals surface area contributed by atoms with E-state index in [-0.39, 0.29) is 12.0 Å². The molecule has 1 aromatic carbocycles. The Hall–Kier alpha value is -1.95. The van der Waals surface area contributed by atoms with Crippen molar-refractivity contribution in [3.8, 4) is 17.2 Å². The fourth-order valence-corrected chi connectivity index (χ4v) is 2.33. The zero-order valence-corrected chi connectivity index (χ0v) is 12.6. The lowest BCUT2D eigenvalue weighted by atomic mass is 10.1. The van der Waals surface area contributed by atoms with E-state index in [0.717, 1.165) is 18.4 Å². The third-order valence-electron chi connectivity index (χ3n) is 3.48. The highest BCUT2D eigenvalue weighted by Crippen LogP contribution is 2.33. The van der Waals surface area contributed by atoms with Crippen molar-refractivity contribution in [3.05, 3.63) is 17.7 Å². The summed E-state index contributed by atoms with van der Waals surface area (Å²) < 4.78 is 21.2. The third-order valence-corrected chi connectivity index (χ3v) is 3.48. The summed E-state index contributed by atoms with van der Waals surface area (Å²) in [5.41, 5.74) is 0.771. The van der Waals surface area contributed by atoms with Crippen LogP contribution in [0.4, 0.5) is 0 Å². The lowest BCUT2D eigenvalue weighted by Gasteiger charge is -2.16. The van der Waals surface area contributed by atoms with Crippen molar-refractivity contribution >= 4 is 5.91 Å². The molecular weight excluding hydrogens is 274 g/mol. The standard InChI is InChI=1S/C15H21NO5/c1-18-10-7-13(19-2)11(14(8-10)20-3)9-16-15(17)12-5-4-6-21-12/h7-8,12H,4-6,9H2,1-3H3,(H,16,17). The average Bonchev–Trinajstić information content (AvgIpc) is 3.06. The molecule has 1 fully saturated rings. The first-order valence-corrected chi connectivity index (χ1v) is 6.87. The van der Waals surface area contributed by atoms with Crippen LogP contribution < -0.4 is 19.5 Å². The normalized spacial score (nSPS) is 17.4. The monoisotopic (exact) mass is 295 g/mol. The number of benzene rings is 1. The fraction of sp³-hybridized carbons (Fsp3) is 0.533. The molecule has 1 aromatic rings. The zero-order chi connectivity index (χ0) is 15.2. The Labute approximate surface area is 124 Å². The van der Waals surface area contributed by atoms with Crippen LogP contribution in [0.15, 0.2) is 12.1 Å². The van der Waals surface area contributed by atoms with E-state index in [4.69, 9.17) is 18.9 Å². The second-order valence-electron chi connectivity index (χ2n) is 4.73. The van der Waals surface area contributed by atoms with Crippen molar-refractivity contribution in [1.82, 2.24) is 5.32 Å². The molecule has 1 saturated heterocycles. The van der Waals surface area contributed by atoms with Crippen LogP contribution in [0.1, 0.15) is 18.4 Å². The Kier molecular flexibility index (Phi) is 5.27. The van der Waals surface area contributed by atoms with Crippen LogP contribution in [-0.4, -0.2) is 39.9 Å². The van der Waals surface area contributed by atoms with Gasteiger partial charge in [0.05, 0.1) is 33.4 Å². The van der Waals surface area contributed by atoms with Crippen LogP contribution in [0, 0.1) is 0 Å². The topological polar surface area (TPSA) is 66.0 Å². The summed E-state index contributed by atoms with van der Waals surface area (Å²) in [6, 6.07) is 3.52. The molecule has 0 aliphatic carbocycles. The number of ether oxygens (including phenoxy) is 4. The van der Waals surface area contributed by atoms with Crippen molar-refractivity contribution in [3.63, 3.8) is 0 Å². The van der Waals surface area contributed by atoms with E-state index in [1.807, 2.05) is 0 Å². The van der Waals surface area contributed by atoms with Gasteiger partial charge in [0, 0.05) is 18.7 Å². The number of rotatable bonds is 6. The Morgan fingerprint density at radius 3 is 2.38 bits per heavy atom. The van der Waals surface area contributed by atoms with E-state index in [1.165, 1.54) is 0 Å². The molecule has 2 rings (SSSR count). The van der Waals surface area contributed by atoms with Crippen molar-refractivity contribution in [2.75, 3.05) is 27.9 Å². The highest BCUT2D eigenvalue weighted by molar-refractivity contribution is 5.81. The summed E-state index contributed by atoms with van der Waals surface area (Å²) in [6.45, 7) is 0.961. The average molecular weight is 295 g/mol. The zero-order valence-electron chi connectivity index (χ0n) is 12.6. The summed E-state index contributed by atoms with van der Waals surface area (Å²) in [5.74, 6) is 1.75. The van der Waals surface area contributed by atoms with Gasteiger partial charge < -0.3 is 24.3 Å². The Morgan fingerprint density at radius 1 is 1.24 bits per heavy atom. The summed E-state index contributed by atoms with van der Waals surface area (Å²) >= 11 is 0. The minimum absolute atomic E-state index is 0.104. The minimum atomic E-state index is -0.347. The number of nitrogens with one attached hydrogen (secondary N) is 1. The predicted octanol–water partition coefficient (Wildman–Crippen LogP) is 1.51. The van der Waals surface area contributed by atoms with Gasteiger partial charge in [-0.3, -0.25) is 4.79 Å². The molecule has 0 radical (unpaired) electrons. The van der Waals surface area contributed by atoms with E-state index in [2.05, 4.69) is 5.32 Å². The largest absolute Gasteiger partial charge is 0.496 e. The number of hydrogen-bond acceptors (Lipinski definition) is 5. The van der Waals surface area contributed by atoms with Crippen molar-refractivity contribution in [2.45, 2.75) is 25.5 Å². The summed E-state index contributed by atoms with van der Waals surface area (Å²) in [5, 5.41) is 2.86. The molecule has 21 heavy (non-hydrogen) atoms. The third kappa shape index (κ3) is 3.58. The molecule has 0 aromatic heterocycles. The maximum atomic E-state index is 12.0. The SMILES string of the molecule is COc1cc(OC)c(CNC(=O)C2CCCO2)c(OC)c1. The predicted molar refractivity (Wildman–Crippen MR) is 76.9 cm³/mol. The van der Waals surface area contributed by atoms with Crippen LogP contribution in [0.25, 0.3) is 0 Å². The molecule has 1 unspecified atom stereocenters. The van der Waals surface area contributed by atoms with Gasteiger partial charge in [-0.05, 0) is 12.8 Å². The van der Waals surface area contributed by atoms with Gasteiger partial charge in [-0.2, -0.15) is 0 Å². The highest BCUT2D eigenvalue weighted by atomic mass is 16.5. The number of hydrogen-bond donors (Lipinski definition) is 1. The van der Waals surface area contributed by atoms with Crippen LogP contribution in [0.2, 0.25) is 0 Å². The number of carbonyl (C=O) groups is 1. The van der Waals surface area contributed by atoms with Crippen molar-refractivity contribution < 1.29 is 23.7 Å². The van der Waals surface area contributed by atoms with Crippen LogP contribution in [-0.2, 0) is 16.1 Å². The van der Waals surface area contributed by atoms with E-state index < -0.39 is 0 Å². The second-order valence-corrected chi connectivity index (χ2v) is 4.73. The first-order valence-electron chi connectivity index (χ1n) is 6.87. The Bertz CT molecular complexity index is 472. The van der Waals surface area contributed by atoms with Gasteiger partial charge in [0.15, 0.2) is 0 Å². The van der Waals surface area contributed by atoms with E-state index in [9.17, 15) is 4.79 Å². The van der Waals surface area contributed by atoms with Gasteiger partial charge in [-0.25, -0.2) is 0 Å². The van der Waals surface area contributed by atoms with E-state index >= 15 is 0 Å². The van der Waals surface area contributed by atoms with Gasteiger partial charge in [0.1, 0.15) is 23.4 Å². The van der Waals surface area contributed by atoms with Crippen molar-refractivity contribution in [2.24, 2.45) is 0 Å². The molecule has 1 aliphatic rings. The molecule has 1 aliphatic heterocycles. The highest BCUT2D eigenvalue weighted by Gasteiger charge is 2.24. The van der Waals surface area contributed by atoms with Crippen molar-refractivity contribution in [1.29, 1.82) is 0 Å². The fourth-order valence-electron chi connectivity index (χ4n) is 2.33. The van der Waals surface area contributed by atoms with Gasteiger partial charge in [-0.15, -0.1) is 0 Å². The summed E-state index contributed by atoms with van der Waals surface area (Å²) in [6.07, 6.45) is 1.34. The quantitative estimate of drug-likeness (QED) is 0.861. The van der Waals surface area contributed by atoms with Gasteiger partial charge >= 0.3 is 0 Å². The van der Waals surface area contributed by atoms with Gasteiger partial charge in [0.25, 0.3) is 0 Å². The molecule has 0 spiro atoms. The Morgan fingerprint density at radius 2 is 1.90 bits per heavy atom. The van der Waals surface area contributed by atoms with E-state index in [1.54, 1.807) is 33.5 Å². The Balaban J connectivity index is 2.12.